The molecule has 0 N–H and O–H groups in total. The fourth-order valence-corrected chi connectivity index (χ4v) is 3.74. The molecule has 1 aliphatic carbocycles. The average Bonchev–Trinajstić information content (AvgIpc) is 2.57. The molecule has 2 aromatic carbocycles. The van der Waals surface area contributed by atoms with Crippen LogP contribution in [-0.4, -0.2) is 0 Å². The molecule has 3 rings (SSSR count). The maximum Gasteiger partial charge on any atom is 0.123 e. The van der Waals surface area contributed by atoms with Gasteiger partial charge in [-0.05, 0) is 72.8 Å². The Balaban J connectivity index is 1.60. The minimum absolute atomic E-state index is 0.135. The predicted molar refractivity (Wildman–Crippen MR) is 90.8 cm³/mol. The van der Waals surface area contributed by atoms with E-state index in [1.807, 2.05) is 12.1 Å². The van der Waals surface area contributed by atoms with Gasteiger partial charge in [0.25, 0.3) is 0 Å². The molecule has 0 atom stereocenters. The third-order valence-electron chi connectivity index (χ3n) is 5.06. The van der Waals surface area contributed by atoms with Gasteiger partial charge in [-0.25, -0.2) is 4.39 Å². The molecule has 1 saturated carbocycles. The fraction of sp³-hybridized carbons (Fsp3) is 0.429. The normalized spacial score (nSPS) is 21.7. The van der Waals surface area contributed by atoms with E-state index in [2.05, 4.69) is 31.2 Å². The van der Waals surface area contributed by atoms with Crippen molar-refractivity contribution < 1.29 is 4.39 Å². The molecule has 0 radical (unpaired) electrons. The van der Waals surface area contributed by atoms with Crippen LogP contribution in [0.4, 0.5) is 4.39 Å². The summed E-state index contributed by atoms with van der Waals surface area (Å²) in [6.07, 6.45) is 7.31. The van der Waals surface area contributed by atoms with Crippen LogP contribution in [0.2, 0.25) is 0 Å². The van der Waals surface area contributed by atoms with Gasteiger partial charge < -0.3 is 0 Å². The summed E-state index contributed by atoms with van der Waals surface area (Å²) in [5.74, 6) is 1.17. The van der Waals surface area contributed by atoms with Gasteiger partial charge in [-0.15, -0.1) is 0 Å². The first-order valence-corrected chi connectivity index (χ1v) is 8.60. The zero-order valence-corrected chi connectivity index (χ0v) is 13.4. The van der Waals surface area contributed by atoms with Crippen LogP contribution >= 0.6 is 0 Å². The number of halogens is 1. The molecule has 0 bridgehead atoms. The Morgan fingerprint density at radius 2 is 1.23 bits per heavy atom. The monoisotopic (exact) mass is 296 g/mol. The molecule has 0 spiro atoms. The zero-order chi connectivity index (χ0) is 15.4. The summed E-state index contributed by atoms with van der Waals surface area (Å²) in [4.78, 5) is 0. The summed E-state index contributed by atoms with van der Waals surface area (Å²) in [6, 6.07) is 16.3. The van der Waals surface area contributed by atoms with Crippen molar-refractivity contribution in [2.75, 3.05) is 0 Å². The summed E-state index contributed by atoms with van der Waals surface area (Å²) in [5, 5.41) is 0. The molecule has 2 aromatic rings. The summed E-state index contributed by atoms with van der Waals surface area (Å²) in [6.45, 7) is 2.23. The lowest BCUT2D eigenvalue weighted by Gasteiger charge is -2.29. The van der Waals surface area contributed by atoms with Crippen molar-refractivity contribution >= 4 is 0 Å². The molecule has 1 fully saturated rings. The molecular weight excluding hydrogens is 271 g/mol. The van der Waals surface area contributed by atoms with E-state index in [0.717, 1.165) is 0 Å². The van der Waals surface area contributed by atoms with Gasteiger partial charge in [-0.3, -0.25) is 0 Å². The van der Waals surface area contributed by atoms with Crippen LogP contribution < -0.4 is 0 Å². The molecule has 1 heteroatoms. The second kappa shape index (κ2) is 7.09. The van der Waals surface area contributed by atoms with Crippen LogP contribution in [0.3, 0.4) is 0 Å². The second-order valence-corrected chi connectivity index (χ2v) is 6.59. The van der Waals surface area contributed by atoms with Gasteiger partial charge in [-0.2, -0.15) is 0 Å². The third-order valence-corrected chi connectivity index (χ3v) is 5.06. The molecule has 0 aliphatic heterocycles. The molecule has 1 aliphatic rings. The molecular formula is C21H25F. The minimum Gasteiger partial charge on any atom is -0.207 e. The van der Waals surface area contributed by atoms with Crippen molar-refractivity contribution in [3.63, 3.8) is 0 Å². The average molecular weight is 296 g/mol. The molecule has 0 aromatic heterocycles. The van der Waals surface area contributed by atoms with Crippen molar-refractivity contribution in [3.8, 4) is 0 Å². The standard InChI is InChI=1S/C21H25F/c1-2-3-16-4-6-17(7-5-16)18-8-10-19(11-9-18)20-12-14-21(22)15-13-20/h4-7,12-15,18-19H,2-3,8-11H2,1H3. The summed E-state index contributed by atoms with van der Waals surface area (Å²) < 4.78 is 13.0. The Hall–Kier alpha value is -1.63. The maximum atomic E-state index is 13.0. The number of benzene rings is 2. The van der Waals surface area contributed by atoms with Crippen molar-refractivity contribution in [3.05, 3.63) is 71.0 Å². The van der Waals surface area contributed by atoms with E-state index in [4.69, 9.17) is 0 Å². The van der Waals surface area contributed by atoms with Crippen molar-refractivity contribution in [1.82, 2.24) is 0 Å². The second-order valence-electron chi connectivity index (χ2n) is 6.59. The lowest BCUT2D eigenvalue weighted by Crippen LogP contribution is -2.12. The van der Waals surface area contributed by atoms with Crippen molar-refractivity contribution in [1.29, 1.82) is 0 Å². The van der Waals surface area contributed by atoms with Crippen LogP contribution in [-0.2, 0) is 6.42 Å². The number of hydrogen-bond donors (Lipinski definition) is 0. The highest BCUT2D eigenvalue weighted by Crippen LogP contribution is 2.40. The first-order valence-electron chi connectivity index (χ1n) is 8.60. The highest BCUT2D eigenvalue weighted by Gasteiger charge is 2.23. The Labute approximate surface area is 133 Å². The van der Waals surface area contributed by atoms with Crippen molar-refractivity contribution in [2.24, 2.45) is 0 Å². The lowest BCUT2D eigenvalue weighted by atomic mass is 9.76. The van der Waals surface area contributed by atoms with E-state index in [1.54, 1.807) is 12.1 Å². The Kier molecular flexibility index (Phi) is 4.92. The molecule has 0 saturated heterocycles. The summed E-state index contributed by atoms with van der Waals surface area (Å²) in [7, 11) is 0. The van der Waals surface area contributed by atoms with Crippen LogP contribution in [0.5, 0.6) is 0 Å². The van der Waals surface area contributed by atoms with E-state index >= 15 is 0 Å². The highest BCUT2D eigenvalue weighted by molar-refractivity contribution is 5.27. The Morgan fingerprint density at radius 1 is 0.773 bits per heavy atom. The van der Waals surface area contributed by atoms with Gasteiger partial charge in [0.1, 0.15) is 5.82 Å². The molecule has 0 heterocycles. The van der Waals surface area contributed by atoms with Crippen LogP contribution in [0.1, 0.15) is 67.6 Å². The maximum absolute atomic E-state index is 13.0. The zero-order valence-electron chi connectivity index (χ0n) is 13.4. The van der Waals surface area contributed by atoms with Gasteiger partial charge in [-0.1, -0.05) is 49.7 Å². The van der Waals surface area contributed by atoms with E-state index in [1.165, 1.54) is 55.2 Å². The summed E-state index contributed by atoms with van der Waals surface area (Å²) in [5.41, 5.74) is 4.25. The SMILES string of the molecule is CCCc1ccc(C2CCC(c3ccc(F)cc3)CC2)cc1. The quantitative estimate of drug-likeness (QED) is 0.628. The molecule has 0 nitrogen and oxygen atoms in total. The highest BCUT2D eigenvalue weighted by atomic mass is 19.1. The fourth-order valence-electron chi connectivity index (χ4n) is 3.74. The minimum atomic E-state index is -0.135. The van der Waals surface area contributed by atoms with Gasteiger partial charge in [0.15, 0.2) is 0 Å². The smallest absolute Gasteiger partial charge is 0.123 e. The van der Waals surface area contributed by atoms with E-state index in [0.29, 0.717) is 11.8 Å². The van der Waals surface area contributed by atoms with E-state index < -0.39 is 0 Å². The Morgan fingerprint density at radius 3 is 1.68 bits per heavy atom. The summed E-state index contributed by atoms with van der Waals surface area (Å²) >= 11 is 0. The van der Waals surface area contributed by atoms with Crippen LogP contribution in [0, 0.1) is 5.82 Å². The van der Waals surface area contributed by atoms with Gasteiger partial charge in [0.2, 0.25) is 0 Å². The van der Waals surface area contributed by atoms with Gasteiger partial charge >= 0.3 is 0 Å². The van der Waals surface area contributed by atoms with Crippen LogP contribution in [0.15, 0.2) is 48.5 Å². The molecule has 116 valence electrons. The number of rotatable bonds is 4. The van der Waals surface area contributed by atoms with Crippen LogP contribution in [0.25, 0.3) is 0 Å². The first-order chi connectivity index (χ1) is 10.8. The van der Waals surface area contributed by atoms with Crippen molar-refractivity contribution in [2.45, 2.75) is 57.3 Å². The topological polar surface area (TPSA) is 0 Å². The predicted octanol–water partition coefficient (Wildman–Crippen LogP) is 6.22. The largest absolute Gasteiger partial charge is 0.207 e. The molecule has 22 heavy (non-hydrogen) atoms. The lowest BCUT2D eigenvalue weighted by molar-refractivity contribution is 0.396. The van der Waals surface area contributed by atoms with Gasteiger partial charge in [0.05, 0.1) is 0 Å². The number of hydrogen-bond acceptors (Lipinski definition) is 0. The Bertz CT molecular complexity index is 574. The third kappa shape index (κ3) is 3.58. The molecule has 0 amide bonds. The van der Waals surface area contributed by atoms with E-state index in [-0.39, 0.29) is 5.82 Å². The van der Waals surface area contributed by atoms with E-state index in [9.17, 15) is 4.39 Å². The first kappa shape index (κ1) is 15.3. The molecule has 0 unspecified atom stereocenters. The van der Waals surface area contributed by atoms with Gasteiger partial charge in [0, 0.05) is 0 Å². The number of aryl methyl sites for hydroxylation is 1.